The van der Waals surface area contributed by atoms with E-state index in [2.05, 4.69) is 10.6 Å². The van der Waals surface area contributed by atoms with Gasteiger partial charge in [-0.1, -0.05) is 43.2 Å². The van der Waals surface area contributed by atoms with Crippen molar-refractivity contribution < 1.29 is 19.1 Å². The van der Waals surface area contributed by atoms with E-state index in [1.807, 2.05) is 31.2 Å². The van der Waals surface area contributed by atoms with Gasteiger partial charge in [-0.15, -0.1) is 0 Å². The lowest BCUT2D eigenvalue weighted by atomic mass is 10.1. The van der Waals surface area contributed by atoms with Crippen LogP contribution >= 0.6 is 0 Å². The minimum absolute atomic E-state index is 0.167. The van der Waals surface area contributed by atoms with Crippen LogP contribution in [0, 0.1) is 0 Å². The summed E-state index contributed by atoms with van der Waals surface area (Å²) in [7, 11) is 1.56. The SMILES string of the molecule is C/C=C/c1ccc(OCC(=O)Nc2ccccc2C(=O)NC2CCCC2)c(OC)c1. The maximum Gasteiger partial charge on any atom is 0.262 e. The standard InChI is InChI=1S/C24H28N2O4/c1-3-8-17-13-14-21(22(15-17)29-2)30-16-23(27)26-20-12-7-6-11-19(20)24(28)25-18-9-4-5-10-18/h3,6-8,11-15,18H,4-5,9-10,16H2,1-2H3,(H,25,28)(H,26,27)/b8-3+. The Labute approximate surface area is 177 Å². The largest absolute Gasteiger partial charge is 0.493 e. The van der Waals surface area contributed by atoms with Crippen LogP contribution in [0.15, 0.2) is 48.5 Å². The summed E-state index contributed by atoms with van der Waals surface area (Å²) in [4.78, 5) is 25.1. The Morgan fingerprint density at radius 2 is 1.87 bits per heavy atom. The van der Waals surface area contributed by atoms with E-state index < -0.39 is 0 Å². The number of anilines is 1. The highest BCUT2D eigenvalue weighted by atomic mass is 16.5. The van der Waals surface area contributed by atoms with Crippen molar-refractivity contribution in [3.63, 3.8) is 0 Å². The van der Waals surface area contributed by atoms with Crippen molar-refractivity contribution in [3.05, 3.63) is 59.7 Å². The van der Waals surface area contributed by atoms with Crippen LogP contribution in [0.4, 0.5) is 5.69 Å². The number of hydrogen-bond acceptors (Lipinski definition) is 4. The number of allylic oxidation sites excluding steroid dienone is 1. The molecule has 2 aromatic rings. The maximum atomic E-state index is 12.6. The van der Waals surface area contributed by atoms with Crippen molar-refractivity contribution in [3.8, 4) is 11.5 Å². The molecule has 0 aliphatic heterocycles. The zero-order valence-corrected chi connectivity index (χ0v) is 17.4. The minimum atomic E-state index is -0.351. The molecule has 2 amide bonds. The summed E-state index contributed by atoms with van der Waals surface area (Å²) < 4.78 is 11.0. The van der Waals surface area contributed by atoms with Gasteiger partial charge in [0.25, 0.3) is 11.8 Å². The molecule has 0 bridgehead atoms. The van der Waals surface area contributed by atoms with Gasteiger partial charge in [0, 0.05) is 6.04 Å². The van der Waals surface area contributed by atoms with E-state index >= 15 is 0 Å². The number of amides is 2. The highest BCUT2D eigenvalue weighted by Gasteiger charge is 2.20. The van der Waals surface area contributed by atoms with Crippen LogP contribution < -0.4 is 20.1 Å². The molecule has 1 aliphatic carbocycles. The molecule has 1 fully saturated rings. The van der Waals surface area contributed by atoms with Gasteiger partial charge in [-0.25, -0.2) is 0 Å². The quantitative estimate of drug-likeness (QED) is 0.678. The predicted molar refractivity (Wildman–Crippen MR) is 118 cm³/mol. The number of rotatable bonds is 8. The Kier molecular flexibility index (Phi) is 7.49. The van der Waals surface area contributed by atoms with Crippen molar-refractivity contribution in [2.75, 3.05) is 19.0 Å². The van der Waals surface area contributed by atoms with Crippen LogP contribution in [0.2, 0.25) is 0 Å². The number of benzene rings is 2. The molecule has 0 heterocycles. The molecule has 0 spiro atoms. The summed E-state index contributed by atoms with van der Waals surface area (Å²) in [6.45, 7) is 1.74. The van der Waals surface area contributed by atoms with Gasteiger partial charge in [0.1, 0.15) is 0 Å². The fourth-order valence-corrected chi connectivity index (χ4v) is 3.55. The van der Waals surface area contributed by atoms with E-state index in [0.29, 0.717) is 22.7 Å². The van der Waals surface area contributed by atoms with Gasteiger partial charge in [0.15, 0.2) is 18.1 Å². The molecule has 0 aromatic heterocycles. The number of carbonyl (C=O) groups is 2. The van der Waals surface area contributed by atoms with Gasteiger partial charge < -0.3 is 20.1 Å². The summed E-state index contributed by atoms with van der Waals surface area (Å²) >= 11 is 0. The second kappa shape index (κ2) is 10.5. The Morgan fingerprint density at radius 1 is 1.10 bits per heavy atom. The Morgan fingerprint density at radius 3 is 2.60 bits per heavy atom. The molecule has 158 valence electrons. The molecule has 0 atom stereocenters. The third-order valence-electron chi connectivity index (χ3n) is 5.04. The zero-order valence-electron chi connectivity index (χ0n) is 17.4. The Balaban J connectivity index is 1.62. The number of carbonyl (C=O) groups excluding carboxylic acids is 2. The molecule has 1 aliphatic rings. The number of ether oxygens (including phenoxy) is 2. The van der Waals surface area contributed by atoms with Crippen LogP contribution in [0.1, 0.15) is 48.5 Å². The van der Waals surface area contributed by atoms with Crippen LogP contribution in [0.25, 0.3) is 6.08 Å². The molecule has 2 N–H and O–H groups in total. The van der Waals surface area contributed by atoms with Crippen molar-refractivity contribution in [1.29, 1.82) is 0 Å². The second-order valence-electron chi connectivity index (χ2n) is 7.25. The lowest BCUT2D eigenvalue weighted by molar-refractivity contribution is -0.118. The van der Waals surface area contributed by atoms with Crippen LogP contribution in [0.3, 0.4) is 0 Å². The number of hydrogen-bond donors (Lipinski definition) is 2. The summed E-state index contributed by atoms with van der Waals surface area (Å²) in [5, 5.41) is 5.83. The molecule has 1 saturated carbocycles. The average Bonchev–Trinajstić information content (AvgIpc) is 3.26. The molecule has 30 heavy (non-hydrogen) atoms. The first-order valence-electron chi connectivity index (χ1n) is 10.2. The highest BCUT2D eigenvalue weighted by Crippen LogP contribution is 2.28. The topological polar surface area (TPSA) is 76.7 Å². The minimum Gasteiger partial charge on any atom is -0.493 e. The molecule has 6 nitrogen and oxygen atoms in total. The van der Waals surface area contributed by atoms with Crippen LogP contribution in [-0.2, 0) is 4.79 Å². The summed E-state index contributed by atoms with van der Waals surface area (Å²) in [5.74, 6) is 0.513. The number of methoxy groups -OCH3 is 1. The van der Waals surface area contributed by atoms with Crippen molar-refractivity contribution in [2.24, 2.45) is 0 Å². The molecule has 6 heteroatoms. The van der Waals surface area contributed by atoms with Gasteiger partial charge in [0.05, 0.1) is 18.4 Å². The Bertz CT molecular complexity index is 917. The zero-order chi connectivity index (χ0) is 21.3. The van der Waals surface area contributed by atoms with Gasteiger partial charge in [-0.3, -0.25) is 9.59 Å². The monoisotopic (exact) mass is 408 g/mol. The molecule has 3 rings (SSSR count). The third-order valence-corrected chi connectivity index (χ3v) is 5.04. The molecule has 0 radical (unpaired) electrons. The fourth-order valence-electron chi connectivity index (χ4n) is 3.55. The molecule has 0 unspecified atom stereocenters. The van der Waals surface area contributed by atoms with Crippen molar-refractivity contribution >= 4 is 23.6 Å². The van der Waals surface area contributed by atoms with Gasteiger partial charge in [0.2, 0.25) is 0 Å². The van der Waals surface area contributed by atoms with E-state index in [1.54, 1.807) is 37.4 Å². The van der Waals surface area contributed by atoms with E-state index in [1.165, 1.54) is 0 Å². The van der Waals surface area contributed by atoms with E-state index in [0.717, 1.165) is 31.2 Å². The smallest absolute Gasteiger partial charge is 0.262 e. The summed E-state index contributed by atoms with van der Waals surface area (Å²) in [5.41, 5.74) is 1.90. The molecule has 2 aromatic carbocycles. The van der Waals surface area contributed by atoms with Crippen LogP contribution in [-0.4, -0.2) is 31.6 Å². The summed E-state index contributed by atoms with van der Waals surface area (Å²) in [6.07, 6.45) is 8.17. The molecule has 0 saturated heterocycles. The van der Waals surface area contributed by atoms with Crippen LogP contribution in [0.5, 0.6) is 11.5 Å². The molecular weight excluding hydrogens is 380 g/mol. The van der Waals surface area contributed by atoms with E-state index in [9.17, 15) is 9.59 Å². The highest BCUT2D eigenvalue weighted by molar-refractivity contribution is 6.04. The normalized spacial score (nSPS) is 13.9. The first-order chi connectivity index (χ1) is 14.6. The van der Waals surface area contributed by atoms with Crippen molar-refractivity contribution in [2.45, 2.75) is 38.6 Å². The second-order valence-corrected chi connectivity index (χ2v) is 7.25. The van der Waals surface area contributed by atoms with Gasteiger partial charge in [-0.2, -0.15) is 0 Å². The average molecular weight is 408 g/mol. The first kappa shape index (κ1) is 21.4. The lowest BCUT2D eigenvalue weighted by Gasteiger charge is -2.15. The van der Waals surface area contributed by atoms with E-state index in [-0.39, 0.29) is 24.5 Å². The van der Waals surface area contributed by atoms with Gasteiger partial charge >= 0.3 is 0 Å². The maximum absolute atomic E-state index is 12.6. The fraction of sp³-hybridized carbons (Fsp3) is 0.333. The first-order valence-corrected chi connectivity index (χ1v) is 10.2. The molecular formula is C24H28N2O4. The predicted octanol–water partition coefficient (Wildman–Crippen LogP) is 4.42. The summed E-state index contributed by atoms with van der Waals surface area (Å²) in [6, 6.07) is 12.7. The van der Waals surface area contributed by atoms with Crippen molar-refractivity contribution in [1.82, 2.24) is 5.32 Å². The lowest BCUT2D eigenvalue weighted by Crippen LogP contribution is -2.33. The number of nitrogens with one attached hydrogen (secondary N) is 2. The number of para-hydroxylation sites is 1. The van der Waals surface area contributed by atoms with E-state index in [4.69, 9.17) is 9.47 Å². The Hall–Kier alpha value is -3.28. The van der Waals surface area contributed by atoms with Gasteiger partial charge in [-0.05, 0) is 49.6 Å². The third kappa shape index (κ3) is 5.63.